The van der Waals surface area contributed by atoms with Crippen molar-refractivity contribution in [2.45, 2.75) is 30.8 Å². The topological polar surface area (TPSA) is 91.7 Å². The lowest BCUT2D eigenvalue weighted by Gasteiger charge is -2.34. The van der Waals surface area contributed by atoms with E-state index >= 15 is 0 Å². The molecule has 0 radical (unpaired) electrons. The second kappa shape index (κ2) is 6.59. The number of hydrogen-bond donors (Lipinski definition) is 3. The van der Waals surface area contributed by atoms with E-state index in [0.717, 1.165) is 12.3 Å². The summed E-state index contributed by atoms with van der Waals surface area (Å²) in [6, 6.07) is 1.08. The second-order valence-electron chi connectivity index (χ2n) is 4.88. The summed E-state index contributed by atoms with van der Waals surface area (Å²) >= 11 is 0. The van der Waals surface area contributed by atoms with E-state index in [1.54, 1.807) is 0 Å². The SMILES string of the molecule is O=C(N[C@H]1CCO[C@H](CO)[C@H]1O)c1ccc(C(F)(F)F)nc1. The van der Waals surface area contributed by atoms with Gasteiger partial charge in [-0.3, -0.25) is 9.78 Å². The first-order valence-corrected chi connectivity index (χ1v) is 6.57. The highest BCUT2D eigenvalue weighted by molar-refractivity contribution is 5.94. The van der Waals surface area contributed by atoms with Gasteiger partial charge in [0.05, 0.1) is 18.2 Å². The van der Waals surface area contributed by atoms with E-state index in [-0.39, 0.29) is 12.2 Å². The molecule has 1 aliphatic heterocycles. The van der Waals surface area contributed by atoms with Crippen LogP contribution in [0, 0.1) is 0 Å². The summed E-state index contributed by atoms with van der Waals surface area (Å²) in [7, 11) is 0. The van der Waals surface area contributed by atoms with E-state index in [0.29, 0.717) is 12.5 Å². The summed E-state index contributed by atoms with van der Waals surface area (Å²) < 4.78 is 42.3. The Balaban J connectivity index is 2.03. The molecular weight excluding hydrogens is 305 g/mol. The quantitative estimate of drug-likeness (QED) is 0.747. The van der Waals surface area contributed by atoms with Crippen molar-refractivity contribution in [2.75, 3.05) is 13.2 Å². The predicted octanol–water partition coefficient (Wildman–Crippen LogP) is 0.341. The van der Waals surface area contributed by atoms with Crippen molar-refractivity contribution in [1.29, 1.82) is 0 Å². The van der Waals surface area contributed by atoms with Crippen LogP contribution in [-0.2, 0) is 10.9 Å². The van der Waals surface area contributed by atoms with Crippen LogP contribution in [0.15, 0.2) is 18.3 Å². The average molecular weight is 320 g/mol. The molecule has 1 amide bonds. The van der Waals surface area contributed by atoms with Crippen molar-refractivity contribution < 1.29 is 32.9 Å². The van der Waals surface area contributed by atoms with Gasteiger partial charge in [-0.25, -0.2) is 0 Å². The lowest BCUT2D eigenvalue weighted by atomic mass is 9.99. The Kier molecular flexibility index (Phi) is 4.99. The standard InChI is InChI=1S/C13H15F3N2O4/c14-13(15,16)10-2-1-7(5-17-10)12(21)18-8-3-4-22-9(6-19)11(8)20/h1-2,5,8-9,11,19-20H,3-4,6H2,(H,18,21)/t8-,9+,11-/m0/s1. The summed E-state index contributed by atoms with van der Waals surface area (Å²) in [5.41, 5.74) is -1.14. The number of aliphatic hydroxyl groups is 2. The van der Waals surface area contributed by atoms with Crippen molar-refractivity contribution >= 4 is 5.91 Å². The third-order valence-corrected chi connectivity index (χ3v) is 3.37. The lowest BCUT2D eigenvalue weighted by Crippen LogP contribution is -2.54. The van der Waals surface area contributed by atoms with E-state index in [1.807, 2.05) is 0 Å². The van der Waals surface area contributed by atoms with Crippen LogP contribution in [0.4, 0.5) is 13.2 Å². The summed E-state index contributed by atoms with van der Waals surface area (Å²) in [5, 5.41) is 21.4. The maximum Gasteiger partial charge on any atom is 0.433 e. The van der Waals surface area contributed by atoms with Gasteiger partial charge in [0.25, 0.3) is 5.91 Å². The maximum absolute atomic E-state index is 12.4. The molecule has 2 rings (SSSR count). The first kappa shape index (κ1) is 16.7. The molecule has 0 aliphatic carbocycles. The van der Waals surface area contributed by atoms with Crippen LogP contribution < -0.4 is 5.32 Å². The Morgan fingerprint density at radius 1 is 1.45 bits per heavy atom. The Morgan fingerprint density at radius 2 is 2.18 bits per heavy atom. The number of nitrogens with zero attached hydrogens (tertiary/aromatic N) is 1. The molecule has 22 heavy (non-hydrogen) atoms. The number of halogens is 3. The van der Waals surface area contributed by atoms with Crippen LogP contribution in [0.3, 0.4) is 0 Å². The molecule has 9 heteroatoms. The zero-order valence-corrected chi connectivity index (χ0v) is 11.4. The monoisotopic (exact) mass is 320 g/mol. The van der Waals surface area contributed by atoms with E-state index in [4.69, 9.17) is 9.84 Å². The molecular formula is C13H15F3N2O4. The number of hydrogen-bond acceptors (Lipinski definition) is 5. The Hall–Kier alpha value is -1.71. The fourth-order valence-electron chi connectivity index (χ4n) is 2.14. The Labute approximate surface area is 123 Å². The number of aliphatic hydroxyl groups excluding tert-OH is 2. The minimum atomic E-state index is -4.57. The molecule has 1 fully saturated rings. The van der Waals surface area contributed by atoms with E-state index in [1.165, 1.54) is 0 Å². The van der Waals surface area contributed by atoms with Crippen LogP contribution in [0.25, 0.3) is 0 Å². The van der Waals surface area contributed by atoms with Gasteiger partial charge in [-0.15, -0.1) is 0 Å². The van der Waals surface area contributed by atoms with Crippen molar-refractivity contribution in [3.05, 3.63) is 29.6 Å². The van der Waals surface area contributed by atoms with Gasteiger partial charge < -0.3 is 20.3 Å². The Morgan fingerprint density at radius 3 is 2.73 bits per heavy atom. The van der Waals surface area contributed by atoms with Crippen LogP contribution in [0.1, 0.15) is 22.5 Å². The maximum atomic E-state index is 12.4. The molecule has 0 aromatic carbocycles. The number of nitrogens with one attached hydrogen (secondary N) is 1. The highest BCUT2D eigenvalue weighted by Gasteiger charge is 2.34. The number of carbonyl (C=O) groups is 1. The number of pyridine rings is 1. The van der Waals surface area contributed by atoms with Gasteiger partial charge in [0, 0.05) is 12.8 Å². The molecule has 0 spiro atoms. The van der Waals surface area contributed by atoms with Crippen LogP contribution in [-0.4, -0.2) is 52.6 Å². The van der Waals surface area contributed by atoms with Gasteiger partial charge in [0.2, 0.25) is 0 Å². The zero-order valence-electron chi connectivity index (χ0n) is 11.4. The minimum Gasteiger partial charge on any atom is -0.394 e. The number of aromatic nitrogens is 1. The van der Waals surface area contributed by atoms with Crippen molar-refractivity contribution in [1.82, 2.24) is 10.3 Å². The smallest absolute Gasteiger partial charge is 0.394 e. The van der Waals surface area contributed by atoms with Crippen LogP contribution in [0.5, 0.6) is 0 Å². The number of alkyl halides is 3. The molecule has 1 aromatic heterocycles. The second-order valence-corrected chi connectivity index (χ2v) is 4.88. The molecule has 1 aromatic rings. The number of rotatable bonds is 3. The highest BCUT2D eigenvalue weighted by Crippen LogP contribution is 2.27. The van der Waals surface area contributed by atoms with Gasteiger partial charge in [0.1, 0.15) is 17.9 Å². The highest BCUT2D eigenvalue weighted by atomic mass is 19.4. The summed E-state index contributed by atoms with van der Waals surface area (Å²) in [6.45, 7) is -0.145. The van der Waals surface area contributed by atoms with Gasteiger partial charge >= 0.3 is 6.18 Å². The van der Waals surface area contributed by atoms with Crippen molar-refractivity contribution in [2.24, 2.45) is 0 Å². The third kappa shape index (κ3) is 3.73. The predicted molar refractivity (Wildman–Crippen MR) is 67.9 cm³/mol. The molecule has 1 aliphatic rings. The normalized spacial score (nSPS) is 25.8. The molecule has 3 atom stereocenters. The fraction of sp³-hybridized carbons (Fsp3) is 0.538. The molecule has 1 saturated heterocycles. The third-order valence-electron chi connectivity index (χ3n) is 3.37. The lowest BCUT2D eigenvalue weighted by molar-refractivity contribution is -0.141. The summed E-state index contributed by atoms with van der Waals surface area (Å²) in [5.74, 6) is -0.649. The molecule has 6 nitrogen and oxygen atoms in total. The molecule has 3 N–H and O–H groups in total. The summed E-state index contributed by atoms with van der Waals surface area (Å²) in [6.07, 6.45) is -5.31. The van der Waals surface area contributed by atoms with Gasteiger partial charge in [-0.05, 0) is 18.6 Å². The summed E-state index contributed by atoms with van der Waals surface area (Å²) in [4.78, 5) is 15.2. The van der Waals surface area contributed by atoms with Gasteiger partial charge in [0.15, 0.2) is 0 Å². The molecule has 122 valence electrons. The van der Waals surface area contributed by atoms with Crippen LogP contribution in [0.2, 0.25) is 0 Å². The van der Waals surface area contributed by atoms with Gasteiger partial charge in [-0.2, -0.15) is 13.2 Å². The average Bonchev–Trinajstić information content (AvgIpc) is 2.48. The first-order valence-electron chi connectivity index (χ1n) is 6.57. The number of ether oxygens (including phenoxy) is 1. The van der Waals surface area contributed by atoms with E-state index in [9.17, 15) is 23.1 Å². The zero-order chi connectivity index (χ0) is 16.3. The molecule has 0 saturated carbocycles. The van der Waals surface area contributed by atoms with E-state index < -0.39 is 42.6 Å². The van der Waals surface area contributed by atoms with E-state index in [2.05, 4.69) is 10.3 Å². The number of carbonyl (C=O) groups excluding carboxylic acids is 1. The molecule has 0 unspecified atom stereocenters. The Bertz CT molecular complexity index is 521. The van der Waals surface area contributed by atoms with Crippen LogP contribution >= 0.6 is 0 Å². The molecule has 2 heterocycles. The first-order chi connectivity index (χ1) is 10.3. The minimum absolute atomic E-state index is 0.0489. The van der Waals surface area contributed by atoms with Gasteiger partial charge in [-0.1, -0.05) is 0 Å². The number of amides is 1. The van der Waals surface area contributed by atoms with Crippen molar-refractivity contribution in [3.63, 3.8) is 0 Å². The van der Waals surface area contributed by atoms with Crippen molar-refractivity contribution in [3.8, 4) is 0 Å². The molecule has 0 bridgehead atoms. The largest absolute Gasteiger partial charge is 0.433 e. The fourth-order valence-corrected chi connectivity index (χ4v) is 2.14.